The van der Waals surface area contributed by atoms with Gasteiger partial charge in [0.05, 0.1) is 38.8 Å². The molecule has 74 heavy (non-hydrogen) atoms. The van der Waals surface area contributed by atoms with Crippen molar-refractivity contribution in [3.8, 4) is 23.0 Å². The van der Waals surface area contributed by atoms with Gasteiger partial charge in [-0.3, -0.25) is 9.13 Å². The summed E-state index contributed by atoms with van der Waals surface area (Å²) in [4.78, 5) is 19.5. The average molecular weight is 1150 g/mol. The molecule has 0 radical (unpaired) electrons. The second-order valence-electron chi connectivity index (χ2n) is 21.7. The highest BCUT2D eigenvalue weighted by molar-refractivity contribution is 9.26. The lowest BCUT2D eigenvalue weighted by atomic mass is 9.79. The standard InChI is InChI=1S/C28H38FO5P.C26H34FO5P.C3H9BrSi.CH4/c1-19(35(30,32-3)33-4)28(22-12-13-22)23-6-5-7-25(16-23)34-18-20-8-10-21(11-9-20)26-17-24(31-2)14-15-27(26)29;1-17(33(28,29)30)26(20-10-11-20)21-4-3-5-23(14-21)32-16-18-6-8-19(9-7-18)24-15-22(31-2)12-13-25(24)27;1-5(2,3)4;/h5-7,14-17,19-22,28H,8-13,18H2,1-4H3;3-5,12-15,17-20,26H,6-11,16H2,1-2H3,(H2,28,29,30);1-3H3;1H4. The summed E-state index contributed by atoms with van der Waals surface area (Å²) in [5.74, 6) is 4.73. The number of hydrogen-bond donors (Lipinski definition) is 2. The summed E-state index contributed by atoms with van der Waals surface area (Å²) in [6.07, 6.45) is 12.0. The van der Waals surface area contributed by atoms with E-state index in [0.717, 1.165) is 111 Å². The second kappa shape index (κ2) is 28.0. The lowest BCUT2D eigenvalue weighted by Gasteiger charge is -2.30. The molecule has 4 aliphatic carbocycles. The van der Waals surface area contributed by atoms with E-state index < -0.39 is 27.5 Å². The highest BCUT2D eigenvalue weighted by atomic mass is 79.9. The van der Waals surface area contributed by atoms with Crippen LogP contribution >= 0.6 is 30.5 Å². The molecule has 0 amide bonds. The van der Waals surface area contributed by atoms with Gasteiger partial charge in [0.1, 0.15) is 41.3 Å². The van der Waals surface area contributed by atoms with E-state index in [9.17, 15) is 27.7 Å². The molecule has 0 aromatic heterocycles. The fourth-order valence-corrected chi connectivity index (χ4v) is 13.3. The van der Waals surface area contributed by atoms with Gasteiger partial charge in [0.15, 0.2) is 0 Å². The highest BCUT2D eigenvalue weighted by Crippen LogP contribution is 2.61. The van der Waals surface area contributed by atoms with Gasteiger partial charge in [0.25, 0.3) is 0 Å². The van der Waals surface area contributed by atoms with Gasteiger partial charge < -0.3 is 37.8 Å². The zero-order valence-electron chi connectivity index (χ0n) is 44.4. The van der Waals surface area contributed by atoms with Gasteiger partial charge >= 0.3 is 15.2 Å². The van der Waals surface area contributed by atoms with Gasteiger partial charge in [-0.15, -0.1) is 15.3 Å². The zero-order valence-corrected chi connectivity index (χ0v) is 48.8. The first-order valence-electron chi connectivity index (χ1n) is 26.2. The van der Waals surface area contributed by atoms with E-state index in [-0.39, 0.29) is 48.4 Å². The van der Waals surface area contributed by atoms with Crippen molar-refractivity contribution in [1.29, 1.82) is 0 Å². The van der Waals surface area contributed by atoms with Crippen LogP contribution in [-0.2, 0) is 18.2 Å². The smallest absolute Gasteiger partial charge is 0.333 e. The Morgan fingerprint density at radius 1 is 0.568 bits per heavy atom. The molecule has 16 heteroatoms. The Bertz CT molecular complexity index is 2450. The Kier molecular flexibility index (Phi) is 23.4. The van der Waals surface area contributed by atoms with Gasteiger partial charge in [0, 0.05) is 26.1 Å². The molecular weight excluding hydrogens is 1060 g/mol. The molecule has 10 nitrogen and oxygen atoms in total. The minimum atomic E-state index is -4.16. The number of methoxy groups -OCH3 is 2. The number of halogens is 3. The zero-order chi connectivity index (χ0) is 53.1. The molecule has 0 aliphatic heterocycles. The quantitative estimate of drug-likeness (QED) is 0.0501. The van der Waals surface area contributed by atoms with Crippen LogP contribution in [0.25, 0.3) is 0 Å². The van der Waals surface area contributed by atoms with Crippen molar-refractivity contribution in [2.75, 3.05) is 41.7 Å². The molecule has 4 aromatic rings. The number of ether oxygens (including phenoxy) is 4. The third kappa shape index (κ3) is 18.0. The fourth-order valence-electron chi connectivity index (χ4n) is 10.9. The maximum atomic E-state index is 14.4. The molecule has 4 fully saturated rings. The minimum absolute atomic E-state index is 0. The van der Waals surface area contributed by atoms with E-state index in [1.165, 1.54) is 26.4 Å². The SMILES string of the molecule is C.COc1ccc(F)c(C2CCC(COc3cccc(C(C4CC4)C(C)P(=O)(O)O)c3)CC2)c1.COc1ccc(F)c(C2CCC(COc3cccc(C(C4CC4)C(C)P(=O)(OC)OC)c3)CC2)c1.C[Si](C)(C)Br. The molecular formula is C58H85BrF2O10P2Si. The number of benzene rings is 4. The Morgan fingerprint density at radius 2 is 0.932 bits per heavy atom. The molecule has 0 saturated heterocycles. The van der Waals surface area contributed by atoms with Gasteiger partial charge in [-0.25, -0.2) is 8.78 Å². The Morgan fingerprint density at radius 3 is 1.26 bits per heavy atom. The molecule has 4 saturated carbocycles. The van der Waals surface area contributed by atoms with Crippen LogP contribution in [0.5, 0.6) is 23.0 Å². The minimum Gasteiger partial charge on any atom is -0.497 e. The first-order chi connectivity index (χ1) is 34.6. The molecule has 0 spiro atoms. The summed E-state index contributed by atoms with van der Waals surface area (Å²) in [5.41, 5.74) is 2.65. The second-order valence-corrected chi connectivity index (χ2v) is 37.6. The Hall–Kier alpha value is -3.06. The van der Waals surface area contributed by atoms with Crippen LogP contribution < -0.4 is 18.9 Å². The number of hydrogen-bond acceptors (Lipinski definition) is 8. The number of rotatable bonds is 20. The van der Waals surface area contributed by atoms with E-state index >= 15 is 0 Å². The summed E-state index contributed by atoms with van der Waals surface area (Å²) in [7, 11) is -1.21. The average Bonchev–Trinajstić information content (AvgIpc) is 4.33. The Labute approximate surface area is 450 Å². The van der Waals surface area contributed by atoms with Gasteiger partial charge in [-0.2, -0.15) is 0 Å². The van der Waals surface area contributed by atoms with Crippen molar-refractivity contribution >= 4 is 37.2 Å². The summed E-state index contributed by atoms with van der Waals surface area (Å²) in [6, 6.07) is 25.9. The van der Waals surface area contributed by atoms with E-state index in [0.29, 0.717) is 48.4 Å². The van der Waals surface area contributed by atoms with Crippen LogP contribution in [0.1, 0.15) is 144 Å². The molecule has 2 N–H and O–H groups in total. The lowest BCUT2D eigenvalue weighted by Crippen LogP contribution is -2.21. The third-order valence-corrected chi connectivity index (χ3v) is 19.0. The van der Waals surface area contributed by atoms with Crippen molar-refractivity contribution in [2.24, 2.45) is 23.7 Å². The van der Waals surface area contributed by atoms with Crippen LogP contribution in [0.15, 0.2) is 84.9 Å². The third-order valence-electron chi connectivity index (χ3n) is 15.3. The normalized spacial score (nSPS) is 21.7. The van der Waals surface area contributed by atoms with Crippen LogP contribution in [0.2, 0.25) is 19.6 Å². The van der Waals surface area contributed by atoms with E-state index in [4.69, 9.17) is 28.0 Å². The molecule has 8 rings (SSSR count). The van der Waals surface area contributed by atoms with E-state index in [1.807, 2.05) is 55.5 Å². The van der Waals surface area contributed by atoms with Crippen LogP contribution in [-0.4, -0.2) is 69.5 Å². The molecule has 0 bridgehead atoms. The highest BCUT2D eigenvalue weighted by Gasteiger charge is 2.45. The van der Waals surface area contributed by atoms with Crippen LogP contribution in [0, 0.1) is 35.3 Å². The van der Waals surface area contributed by atoms with Crippen molar-refractivity contribution in [1.82, 2.24) is 0 Å². The summed E-state index contributed by atoms with van der Waals surface area (Å²) in [5, 5.41) is 0. The molecule has 4 aliphatic rings. The van der Waals surface area contributed by atoms with Gasteiger partial charge in [-0.05, 0) is 195 Å². The fraction of sp³-hybridized carbons (Fsp3) is 0.586. The molecule has 4 atom stereocenters. The van der Waals surface area contributed by atoms with E-state index in [1.54, 1.807) is 33.3 Å². The van der Waals surface area contributed by atoms with Crippen LogP contribution in [0.4, 0.5) is 8.78 Å². The van der Waals surface area contributed by atoms with Crippen molar-refractivity contribution < 1.29 is 55.7 Å². The van der Waals surface area contributed by atoms with Crippen LogP contribution in [0.3, 0.4) is 0 Å². The summed E-state index contributed by atoms with van der Waals surface area (Å²) < 4.78 is 87.2. The predicted octanol–water partition coefficient (Wildman–Crippen LogP) is 16.7. The lowest BCUT2D eigenvalue weighted by molar-refractivity contribution is 0.199. The predicted molar refractivity (Wildman–Crippen MR) is 302 cm³/mol. The molecule has 4 aromatic carbocycles. The first kappa shape index (κ1) is 61.8. The summed E-state index contributed by atoms with van der Waals surface area (Å²) >= 11 is 3.51. The first-order valence-corrected chi connectivity index (χ1v) is 35.3. The van der Waals surface area contributed by atoms with Crippen molar-refractivity contribution in [3.63, 3.8) is 0 Å². The molecule has 0 heterocycles. The van der Waals surface area contributed by atoms with Gasteiger partial charge in [-0.1, -0.05) is 65.2 Å². The maximum Gasteiger partial charge on any atom is 0.333 e. The monoisotopic (exact) mass is 1150 g/mol. The maximum absolute atomic E-state index is 14.4. The molecule has 4 unspecified atom stereocenters. The Balaban J connectivity index is 0.000000248. The summed E-state index contributed by atoms with van der Waals surface area (Å²) in [6.45, 7) is 10.8. The van der Waals surface area contributed by atoms with Gasteiger partial charge in [0.2, 0.25) is 0 Å². The molecule has 412 valence electrons. The van der Waals surface area contributed by atoms with Crippen molar-refractivity contribution in [3.05, 3.63) is 119 Å². The van der Waals surface area contributed by atoms with Crippen molar-refractivity contribution in [2.45, 2.75) is 153 Å². The van der Waals surface area contributed by atoms with E-state index in [2.05, 4.69) is 47.1 Å². The largest absolute Gasteiger partial charge is 0.497 e. The topological polar surface area (TPSA) is 130 Å².